The van der Waals surface area contributed by atoms with Crippen LogP contribution in [-0.2, 0) is 4.79 Å². The zero-order valence-corrected chi connectivity index (χ0v) is 28.5. The van der Waals surface area contributed by atoms with E-state index in [9.17, 15) is 14.4 Å². The minimum absolute atomic E-state index is 0.0352. The van der Waals surface area contributed by atoms with Gasteiger partial charge in [0.1, 0.15) is 4.60 Å². The molecule has 0 saturated heterocycles. The number of rotatable bonds is 6. The molecule has 0 bridgehead atoms. The van der Waals surface area contributed by atoms with Gasteiger partial charge in [-0.05, 0) is 90.4 Å². The highest BCUT2D eigenvalue weighted by Gasteiger charge is 2.15. The maximum atomic E-state index is 13.1. The second kappa shape index (κ2) is 14.0. The third kappa shape index (κ3) is 6.83. The van der Waals surface area contributed by atoms with Gasteiger partial charge in [-0.2, -0.15) is 19.6 Å². The molecule has 246 valence electrons. The first-order valence-electron chi connectivity index (χ1n) is 15.4. The van der Waals surface area contributed by atoms with Gasteiger partial charge in [0.2, 0.25) is 5.91 Å². The summed E-state index contributed by atoms with van der Waals surface area (Å²) in [7, 11) is 0. The van der Waals surface area contributed by atoms with Crippen LogP contribution in [0.3, 0.4) is 0 Å². The Balaban J connectivity index is 0.000000188. The average Bonchev–Trinajstić information content (AvgIpc) is 3.53. The lowest BCUT2D eigenvalue weighted by molar-refractivity contribution is -0.116. The number of amides is 1. The number of aromatic amines is 1. The van der Waals surface area contributed by atoms with Crippen LogP contribution in [0.2, 0.25) is 0 Å². The Hall–Kier alpha value is -6.08. The number of carbonyl (C=O) groups is 1. The third-order valence-corrected chi connectivity index (χ3v) is 8.34. The largest absolute Gasteiger partial charge is 0.399 e. The van der Waals surface area contributed by atoms with Crippen LogP contribution in [0.15, 0.2) is 117 Å². The van der Waals surface area contributed by atoms with Crippen molar-refractivity contribution in [3.63, 3.8) is 0 Å². The Morgan fingerprint density at radius 3 is 1.90 bits per heavy atom. The molecule has 4 N–H and O–H groups in total. The Morgan fingerprint density at radius 1 is 0.816 bits per heavy atom. The molecule has 3 aromatic heterocycles. The molecule has 3 heterocycles. The highest BCUT2D eigenvalue weighted by atomic mass is 79.9. The maximum absolute atomic E-state index is 13.1. The van der Waals surface area contributed by atoms with E-state index >= 15 is 0 Å². The summed E-state index contributed by atoms with van der Waals surface area (Å²) < 4.78 is 3.36. The number of aromatic nitrogens is 6. The molecule has 4 aromatic carbocycles. The van der Waals surface area contributed by atoms with Crippen LogP contribution < -0.4 is 27.1 Å². The summed E-state index contributed by atoms with van der Waals surface area (Å²) in [4.78, 5) is 39.0. The number of nitrogen functional groups attached to an aromatic ring is 1. The molecule has 13 heteroatoms. The molecule has 0 aliphatic rings. The molecule has 0 radical (unpaired) electrons. The molecule has 0 fully saturated rings. The smallest absolute Gasteiger partial charge is 0.279 e. The van der Waals surface area contributed by atoms with Crippen molar-refractivity contribution in [2.45, 2.75) is 20.8 Å². The molecule has 7 rings (SSSR count). The van der Waals surface area contributed by atoms with Gasteiger partial charge in [-0.1, -0.05) is 36.4 Å². The molecule has 0 atom stereocenters. The number of aryl methyl sites for hydroxylation is 1. The van der Waals surface area contributed by atoms with Gasteiger partial charge in [-0.15, -0.1) is 5.10 Å². The van der Waals surface area contributed by atoms with E-state index in [1.54, 1.807) is 53.4 Å². The molecule has 0 saturated carbocycles. The number of halogens is 1. The Bertz CT molecular complexity index is 2420. The van der Waals surface area contributed by atoms with Gasteiger partial charge in [0.15, 0.2) is 11.6 Å². The van der Waals surface area contributed by atoms with E-state index in [1.807, 2.05) is 68.4 Å². The van der Waals surface area contributed by atoms with Crippen LogP contribution in [0.4, 0.5) is 23.0 Å². The van der Waals surface area contributed by atoms with Crippen molar-refractivity contribution < 1.29 is 4.79 Å². The van der Waals surface area contributed by atoms with Crippen molar-refractivity contribution in [1.82, 2.24) is 29.8 Å². The first-order valence-corrected chi connectivity index (χ1v) is 16.2. The normalized spacial score (nSPS) is 10.9. The highest BCUT2D eigenvalue weighted by molar-refractivity contribution is 9.10. The fourth-order valence-electron chi connectivity index (χ4n) is 5.36. The van der Waals surface area contributed by atoms with Gasteiger partial charge < -0.3 is 16.0 Å². The van der Waals surface area contributed by atoms with E-state index < -0.39 is 0 Å². The van der Waals surface area contributed by atoms with E-state index in [0.717, 1.165) is 16.8 Å². The lowest BCUT2D eigenvalue weighted by Crippen LogP contribution is -2.28. The maximum Gasteiger partial charge on any atom is 0.279 e. The minimum atomic E-state index is -0.221. The van der Waals surface area contributed by atoms with Crippen molar-refractivity contribution in [2.24, 2.45) is 0 Å². The Labute approximate surface area is 288 Å². The van der Waals surface area contributed by atoms with Crippen LogP contribution >= 0.6 is 15.9 Å². The molecular formula is C36H32BrN9O3. The zero-order valence-electron chi connectivity index (χ0n) is 26.9. The summed E-state index contributed by atoms with van der Waals surface area (Å²) in [6.45, 7) is 5.92. The van der Waals surface area contributed by atoms with Gasteiger partial charge in [0.25, 0.3) is 11.1 Å². The number of nitrogens with zero attached hydrogens (tertiary/aromatic N) is 6. The second-order valence-electron chi connectivity index (χ2n) is 11.1. The fraction of sp³-hybridized carbons (Fsp3) is 0.111. The molecular weight excluding hydrogens is 686 g/mol. The van der Waals surface area contributed by atoms with Crippen molar-refractivity contribution in [3.05, 3.63) is 134 Å². The highest BCUT2D eigenvalue weighted by Crippen LogP contribution is 2.24. The number of anilines is 4. The van der Waals surface area contributed by atoms with Crippen LogP contribution in [0.5, 0.6) is 0 Å². The van der Waals surface area contributed by atoms with Crippen molar-refractivity contribution >= 4 is 66.4 Å². The topological polar surface area (TPSA) is 157 Å². The van der Waals surface area contributed by atoms with Gasteiger partial charge >= 0.3 is 0 Å². The third-order valence-electron chi connectivity index (χ3n) is 7.76. The lowest BCUT2D eigenvalue weighted by Gasteiger charge is -2.19. The molecule has 12 nitrogen and oxygen atoms in total. The number of carbonyl (C=O) groups excluding carboxylic acids is 1. The van der Waals surface area contributed by atoms with Crippen molar-refractivity contribution in [2.75, 3.05) is 22.5 Å². The predicted octanol–water partition coefficient (Wildman–Crippen LogP) is 6.26. The monoisotopic (exact) mass is 717 g/mol. The number of hydrogen-bond acceptors (Lipinski definition) is 8. The van der Waals surface area contributed by atoms with E-state index in [2.05, 4.69) is 41.6 Å². The van der Waals surface area contributed by atoms with Gasteiger partial charge in [-0.3, -0.25) is 19.5 Å². The number of H-pyrrole nitrogens is 1. The summed E-state index contributed by atoms with van der Waals surface area (Å²) >= 11 is 3.40. The summed E-state index contributed by atoms with van der Waals surface area (Å²) in [5.41, 5.74) is 8.90. The minimum Gasteiger partial charge on any atom is -0.399 e. The van der Waals surface area contributed by atoms with E-state index in [1.165, 1.54) is 16.3 Å². The number of nitrogens with one attached hydrogen (secondary N) is 2. The van der Waals surface area contributed by atoms with Crippen molar-refractivity contribution in [3.8, 4) is 11.4 Å². The summed E-state index contributed by atoms with van der Waals surface area (Å²) in [5.74, 6) is 1.11. The SMILES string of the molecule is CCN(C(C)=O)c1ccc(-n2nc(Nc3cc(C)[nH]n3)c3ccccc3c2=O)cc1.Nc1ccc(-n2nc(Br)c3ccccc3c2=O)cc1. The predicted molar refractivity (Wildman–Crippen MR) is 197 cm³/mol. The average molecular weight is 719 g/mol. The van der Waals surface area contributed by atoms with Crippen LogP contribution in [0, 0.1) is 6.92 Å². The molecule has 1 amide bonds. The molecule has 7 aromatic rings. The molecule has 0 aliphatic heterocycles. The molecule has 49 heavy (non-hydrogen) atoms. The first-order chi connectivity index (χ1) is 23.6. The number of hydrogen-bond donors (Lipinski definition) is 3. The van der Waals surface area contributed by atoms with E-state index in [-0.39, 0.29) is 17.0 Å². The fourth-order valence-corrected chi connectivity index (χ4v) is 5.87. The summed E-state index contributed by atoms with van der Waals surface area (Å²) in [6, 6.07) is 30.8. The number of nitrogens with two attached hydrogens (primary N) is 1. The van der Waals surface area contributed by atoms with Crippen LogP contribution in [-0.4, -0.2) is 42.2 Å². The van der Waals surface area contributed by atoms with Crippen molar-refractivity contribution in [1.29, 1.82) is 0 Å². The van der Waals surface area contributed by atoms with E-state index in [0.29, 0.717) is 56.0 Å². The Kier molecular flexibility index (Phi) is 9.35. The molecule has 0 aliphatic carbocycles. The first kappa shape index (κ1) is 32.8. The molecule has 0 spiro atoms. The number of fused-ring (bicyclic) bond motifs is 2. The standard InChI is InChI=1S/C22H22N6O2.C14H10BrN3O/c1-4-27(15(3)29)16-9-11-17(12-10-16)28-22(30)19-8-6-5-7-18(19)21(26-28)23-20-13-14(2)24-25-20;15-13-11-3-1-2-4-12(11)14(19)18(17-13)10-7-5-9(16)6-8-10/h5-13H,4H2,1-3H3,(H2,23,24,25,26);1-8H,16H2. The second-order valence-corrected chi connectivity index (χ2v) is 11.8. The van der Waals surface area contributed by atoms with Crippen LogP contribution in [0.25, 0.3) is 32.9 Å². The van der Waals surface area contributed by atoms with Gasteiger partial charge in [0, 0.05) is 47.4 Å². The quantitative estimate of drug-likeness (QED) is 0.170. The van der Waals surface area contributed by atoms with E-state index in [4.69, 9.17) is 5.73 Å². The van der Waals surface area contributed by atoms with Gasteiger partial charge in [-0.25, -0.2) is 0 Å². The lowest BCUT2D eigenvalue weighted by atomic mass is 10.2. The Morgan fingerprint density at radius 2 is 1.35 bits per heavy atom. The summed E-state index contributed by atoms with van der Waals surface area (Å²) in [5, 5.41) is 21.8. The van der Waals surface area contributed by atoms with Gasteiger partial charge in [0.05, 0.1) is 22.1 Å². The number of benzene rings is 4. The van der Waals surface area contributed by atoms with Crippen LogP contribution in [0.1, 0.15) is 19.5 Å². The zero-order chi connectivity index (χ0) is 34.7. The summed E-state index contributed by atoms with van der Waals surface area (Å²) in [6.07, 6.45) is 0. The molecule has 0 unspecified atom stereocenters.